The molecule has 0 aromatic rings. The van der Waals surface area contributed by atoms with Crippen LogP contribution >= 0.6 is 0 Å². The van der Waals surface area contributed by atoms with E-state index in [0.29, 0.717) is 19.3 Å². The molecule has 6 rings (SSSR count). The Labute approximate surface area is 267 Å². The Morgan fingerprint density at radius 3 is 2.22 bits per heavy atom. The van der Waals surface area contributed by atoms with Crippen LogP contribution in [0.5, 0.6) is 0 Å². The molecule has 45 heavy (non-hydrogen) atoms. The fourth-order valence-corrected chi connectivity index (χ4v) is 11.9. The number of fused-ring (bicyclic) bond motifs is 7. The number of ketones is 1. The fourth-order valence-electron chi connectivity index (χ4n) is 11.9. The molecule has 0 spiro atoms. The average molecular weight is 631 g/mol. The van der Waals surface area contributed by atoms with Crippen molar-refractivity contribution < 1.29 is 44.3 Å². The van der Waals surface area contributed by atoms with Gasteiger partial charge in [0.2, 0.25) is 0 Å². The zero-order valence-electron chi connectivity index (χ0n) is 28.1. The highest BCUT2D eigenvalue weighted by Crippen LogP contribution is 2.75. The van der Waals surface area contributed by atoms with Gasteiger partial charge in [-0.3, -0.25) is 9.59 Å². The number of aliphatic hydroxyl groups is 2. The quantitative estimate of drug-likeness (QED) is 0.301. The molecule has 5 fully saturated rings. The average Bonchev–Trinajstić information content (AvgIpc) is 2.94. The van der Waals surface area contributed by atoms with Gasteiger partial charge in [-0.15, -0.1) is 0 Å². The van der Waals surface area contributed by atoms with Crippen LogP contribution in [0.2, 0.25) is 0 Å². The lowest BCUT2D eigenvalue weighted by atomic mass is 9.33. The van der Waals surface area contributed by atoms with Crippen LogP contribution in [0.25, 0.3) is 0 Å². The third-order valence-electron chi connectivity index (χ3n) is 15.0. The molecule has 13 atom stereocenters. The first kappa shape index (κ1) is 33.1. The molecular formula is C36H54O9. The first-order valence-electron chi connectivity index (χ1n) is 17.1. The zero-order chi connectivity index (χ0) is 33.1. The van der Waals surface area contributed by atoms with Crippen LogP contribution in [0, 0.1) is 50.2 Å². The molecule has 0 aromatic heterocycles. The van der Waals surface area contributed by atoms with E-state index in [4.69, 9.17) is 9.47 Å². The van der Waals surface area contributed by atoms with Crippen LogP contribution in [0.3, 0.4) is 0 Å². The van der Waals surface area contributed by atoms with E-state index in [9.17, 15) is 34.8 Å². The number of hydrogen-bond donors (Lipinski definition) is 4. The molecule has 1 saturated heterocycles. The van der Waals surface area contributed by atoms with Gasteiger partial charge >= 0.3 is 11.9 Å². The van der Waals surface area contributed by atoms with Gasteiger partial charge in [-0.2, -0.15) is 0 Å². The molecule has 0 amide bonds. The number of carbonyl (C=O) groups is 3. The van der Waals surface area contributed by atoms with Gasteiger partial charge in [0.05, 0.1) is 17.6 Å². The molecule has 0 unspecified atom stereocenters. The molecule has 1 heterocycles. The Morgan fingerprint density at radius 1 is 0.911 bits per heavy atom. The second-order valence-electron chi connectivity index (χ2n) is 17.7. The maximum absolute atomic E-state index is 14.6. The van der Waals surface area contributed by atoms with Crippen LogP contribution in [0.15, 0.2) is 11.6 Å². The molecular weight excluding hydrogens is 576 g/mol. The Hall–Kier alpha value is -1.81. The number of carboxylic acid groups (broad SMARTS) is 2. The van der Waals surface area contributed by atoms with Crippen LogP contribution in [-0.4, -0.2) is 68.9 Å². The first-order valence-corrected chi connectivity index (χ1v) is 17.1. The van der Waals surface area contributed by atoms with Gasteiger partial charge in [0.25, 0.3) is 0 Å². The van der Waals surface area contributed by atoms with E-state index in [1.165, 1.54) is 5.57 Å². The second kappa shape index (κ2) is 10.3. The van der Waals surface area contributed by atoms with E-state index < -0.39 is 42.0 Å². The number of aliphatic carboxylic acids is 2. The largest absolute Gasteiger partial charge is 0.481 e. The van der Waals surface area contributed by atoms with Crippen molar-refractivity contribution in [1.29, 1.82) is 0 Å². The van der Waals surface area contributed by atoms with E-state index in [2.05, 4.69) is 41.5 Å². The summed E-state index contributed by atoms with van der Waals surface area (Å²) >= 11 is 0. The van der Waals surface area contributed by atoms with Gasteiger partial charge < -0.3 is 29.9 Å². The van der Waals surface area contributed by atoms with Gasteiger partial charge in [0.15, 0.2) is 18.2 Å². The normalized spacial score (nSPS) is 52.4. The van der Waals surface area contributed by atoms with E-state index in [0.717, 1.165) is 38.5 Å². The van der Waals surface area contributed by atoms with Crippen molar-refractivity contribution in [3.63, 3.8) is 0 Å². The summed E-state index contributed by atoms with van der Waals surface area (Å²) in [5.74, 6) is -1.80. The molecule has 6 aliphatic rings. The van der Waals surface area contributed by atoms with Gasteiger partial charge in [-0.1, -0.05) is 47.1 Å². The molecule has 252 valence electrons. The van der Waals surface area contributed by atoms with Gasteiger partial charge in [0, 0.05) is 12.3 Å². The number of ether oxygens (including phenoxy) is 2. The van der Waals surface area contributed by atoms with Crippen molar-refractivity contribution in [2.24, 2.45) is 50.2 Å². The van der Waals surface area contributed by atoms with Gasteiger partial charge in [-0.25, -0.2) is 4.79 Å². The number of aliphatic hydroxyl groups excluding tert-OH is 2. The SMILES string of the molecule is CC1(C)[C@@H](O[C@H]2C[C@@H](O)[C@@H](O)[C@@H](C(=O)O)O2)CC[C@@]2(C)[C@@H]1CC[C@]1(C)[C@@H]2C(=O)C=C2[C@H]3C[C@@](C)(C(=O)O)CC[C@]3(C)CC[C@]21C. The standard InChI is InChI=1S/C36H54O9/c1-31(2)23-8-11-36(7)28(34(23,5)10-9-24(31)44-25-17-21(37)26(39)27(45-25)29(40)41)22(38)16-19-20-18-33(4,30(42)43)13-12-32(20,3)14-15-35(19,36)6/h16,20-21,23-28,37,39H,8-15,17-18H2,1-7H3,(H,40,41)(H,42,43)/t20-,21-,23-,24+,25-,26-,27+,28-,32-,33+,34+,35-,36-/m1/s1. The highest BCUT2D eigenvalue weighted by atomic mass is 16.7. The number of allylic oxidation sites excluding steroid dienone is 2. The summed E-state index contributed by atoms with van der Waals surface area (Å²) in [5.41, 5.74) is -0.675. The van der Waals surface area contributed by atoms with Crippen molar-refractivity contribution in [3.05, 3.63) is 11.6 Å². The summed E-state index contributed by atoms with van der Waals surface area (Å²) in [6, 6.07) is 0. The van der Waals surface area contributed by atoms with Crippen molar-refractivity contribution in [3.8, 4) is 0 Å². The molecule has 0 radical (unpaired) electrons. The molecule has 4 N–H and O–H groups in total. The lowest BCUT2D eigenvalue weighted by Crippen LogP contribution is -2.67. The zero-order valence-corrected chi connectivity index (χ0v) is 28.1. The lowest BCUT2D eigenvalue weighted by Gasteiger charge is -2.70. The topological polar surface area (TPSA) is 151 Å². The minimum atomic E-state index is -1.55. The van der Waals surface area contributed by atoms with Crippen molar-refractivity contribution >= 4 is 17.7 Å². The molecule has 0 aromatic carbocycles. The van der Waals surface area contributed by atoms with Crippen molar-refractivity contribution in [2.45, 2.75) is 143 Å². The maximum Gasteiger partial charge on any atom is 0.335 e. The predicted molar refractivity (Wildman–Crippen MR) is 165 cm³/mol. The molecule has 9 nitrogen and oxygen atoms in total. The summed E-state index contributed by atoms with van der Waals surface area (Å²) in [4.78, 5) is 38.6. The third kappa shape index (κ3) is 4.56. The van der Waals surface area contributed by atoms with E-state index >= 15 is 0 Å². The number of carbonyl (C=O) groups excluding carboxylic acids is 1. The molecule has 5 aliphatic carbocycles. The lowest BCUT2D eigenvalue weighted by molar-refractivity contribution is -0.290. The predicted octanol–water partition coefficient (Wildman–Crippen LogP) is 5.36. The molecule has 4 saturated carbocycles. The molecule has 1 aliphatic heterocycles. The summed E-state index contributed by atoms with van der Waals surface area (Å²) in [6.45, 7) is 15.6. The third-order valence-corrected chi connectivity index (χ3v) is 15.0. The Kier molecular flexibility index (Phi) is 7.61. The Balaban J connectivity index is 1.30. The summed E-state index contributed by atoms with van der Waals surface area (Å²) in [7, 11) is 0. The monoisotopic (exact) mass is 630 g/mol. The van der Waals surface area contributed by atoms with E-state index in [1.54, 1.807) is 0 Å². The van der Waals surface area contributed by atoms with Gasteiger partial charge in [-0.05, 0) is 110 Å². The van der Waals surface area contributed by atoms with Crippen LogP contribution in [0.4, 0.5) is 0 Å². The highest BCUT2D eigenvalue weighted by Gasteiger charge is 2.70. The van der Waals surface area contributed by atoms with Crippen LogP contribution in [0.1, 0.15) is 113 Å². The minimum Gasteiger partial charge on any atom is -0.481 e. The second-order valence-corrected chi connectivity index (χ2v) is 17.7. The smallest absolute Gasteiger partial charge is 0.335 e. The first-order chi connectivity index (χ1) is 20.7. The molecule has 9 heteroatoms. The number of hydrogen-bond acceptors (Lipinski definition) is 7. The van der Waals surface area contributed by atoms with Crippen LogP contribution in [-0.2, 0) is 23.9 Å². The summed E-state index contributed by atoms with van der Waals surface area (Å²) in [6.07, 6.45) is 3.84. The van der Waals surface area contributed by atoms with Crippen molar-refractivity contribution in [1.82, 2.24) is 0 Å². The van der Waals surface area contributed by atoms with E-state index in [1.807, 2.05) is 13.0 Å². The Morgan fingerprint density at radius 2 is 1.58 bits per heavy atom. The fraction of sp³-hybridized carbons (Fsp3) is 0.861. The van der Waals surface area contributed by atoms with Crippen LogP contribution < -0.4 is 0 Å². The summed E-state index contributed by atoms with van der Waals surface area (Å²) < 4.78 is 12.1. The Bertz CT molecular complexity index is 1310. The number of rotatable bonds is 4. The minimum absolute atomic E-state index is 0.00668. The highest BCUT2D eigenvalue weighted by molar-refractivity contribution is 5.95. The maximum atomic E-state index is 14.6. The van der Waals surface area contributed by atoms with Gasteiger partial charge in [0.1, 0.15) is 6.10 Å². The summed E-state index contributed by atoms with van der Waals surface area (Å²) in [5, 5.41) is 40.2. The number of carboxylic acids is 2. The van der Waals surface area contributed by atoms with E-state index in [-0.39, 0.29) is 63.1 Å². The van der Waals surface area contributed by atoms with Crippen molar-refractivity contribution in [2.75, 3.05) is 0 Å². The molecule has 0 bridgehead atoms.